The summed E-state index contributed by atoms with van der Waals surface area (Å²) in [7, 11) is 0. The molecule has 1 fully saturated rings. The third-order valence-electron chi connectivity index (χ3n) is 3.76. The molecule has 1 aromatic rings. The van der Waals surface area contributed by atoms with Crippen molar-refractivity contribution < 1.29 is 4.92 Å². The van der Waals surface area contributed by atoms with Crippen LogP contribution in [0.2, 0.25) is 0 Å². The lowest BCUT2D eigenvalue weighted by Crippen LogP contribution is -2.48. The maximum atomic E-state index is 10.8. The van der Waals surface area contributed by atoms with Gasteiger partial charge in [0.15, 0.2) is 0 Å². The SMILES string of the molecule is CC(C)(C)[C@@H](c1ccc([N+](=O)[O-])cc1)N1CCNCC1. The first-order valence-corrected chi connectivity index (χ1v) is 7.09. The van der Waals surface area contributed by atoms with Crippen LogP contribution in [0, 0.1) is 15.5 Å². The molecular weight excluding hydrogens is 254 g/mol. The smallest absolute Gasteiger partial charge is 0.269 e. The van der Waals surface area contributed by atoms with Crippen molar-refractivity contribution in [2.24, 2.45) is 5.41 Å². The van der Waals surface area contributed by atoms with Gasteiger partial charge in [0.05, 0.1) is 4.92 Å². The summed E-state index contributed by atoms with van der Waals surface area (Å²) in [4.78, 5) is 12.9. The topological polar surface area (TPSA) is 58.4 Å². The number of nitro groups is 1. The average Bonchev–Trinajstić information content (AvgIpc) is 2.39. The molecule has 1 atom stereocenters. The van der Waals surface area contributed by atoms with Gasteiger partial charge in [-0.3, -0.25) is 15.0 Å². The Morgan fingerprint density at radius 2 is 1.75 bits per heavy atom. The van der Waals surface area contributed by atoms with Gasteiger partial charge in [0.2, 0.25) is 0 Å². The summed E-state index contributed by atoms with van der Waals surface area (Å²) in [6.45, 7) is 10.7. The molecular formula is C15H23N3O2. The van der Waals surface area contributed by atoms with Gasteiger partial charge in [0.1, 0.15) is 0 Å². The van der Waals surface area contributed by atoms with E-state index < -0.39 is 0 Å². The van der Waals surface area contributed by atoms with Gasteiger partial charge < -0.3 is 5.32 Å². The number of nitrogens with one attached hydrogen (secondary N) is 1. The standard InChI is InChI=1S/C15H23N3O2/c1-15(2,3)14(17-10-8-16-9-11-17)12-4-6-13(7-5-12)18(19)20/h4-7,14,16H,8-11H2,1-3H3/t14-/m1/s1. The number of nitrogens with zero attached hydrogens (tertiary/aromatic N) is 2. The largest absolute Gasteiger partial charge is 0.314 e. The molecule has 2 rings (SSSR count). The minimum Gasteiger partial charge on any atom is -0.314 e. The first-order chi connectivity index (χ1) is 9.39. The molecule has 1 saturated heterocycles. The van der Waals surface area contributed by atoms with Gasteiger partial charge >= 0.3 is 0 Å². The van der Waals surface area contributed by atoms with Crippen molar-refractivity contribution in [1.29, 1.82) is 0 Å². The van der Waals surface area contributed by atoms with Gasteiger partial charge in [-0.15, -0.1) is 0 Å². The molecule has 0 amide bonds. The Morgan fingerprint density at radius 3 is 2.20 bits per heavy atom. The summed E-state index contributed by atoms with van der Waals surface area (Å²) in [6.07, 6.45) is 0. The predicted octanol–water partition coefficient (Wildman–Crippen LogP) is 2.59. The molecule has 1 heterocycles. The van der Waals surface area contributed by atoms with Crippen LogP contribution in [0.4, 0.5) is 5.69 Å². The molecule has 5 nitrogen and oxygen atoms in total. The molecule has 0 saturated carbocycles. The third kappa shape index (κ3) is 3.35. The van der Waals surface area contributed by atoms with Crippen molar-refractivity contribution >= 4 is 5.69 Å². The normalized spacial score (nSPS) is 18.8. The number of hydrogen-bond donors (Lipinski definition) is 1. The second kappa shape index (κ2) is 5.89. The quantitative estimate of drug-likeness (QED) is 0.681. The zero-order valence-corrected chi connectivity index (χ0v) is 12.4. The fraction of sp³-hybridized carbons (Fsp3) is 0.600. The van der Waals surface area contributed by atoms with Gasteiger partial charge in [-0.25, -0.2) is 0 Å². The van der Waals surface area contributed by atoms with E-state index in [2.05, 4.69) is 31.0 Å². The number of rotatable bonds is 3. The Balaban J connectivity index is 2.28. The van der Waals surface area contributed by atoms with Gasteiger partial charge in [-0.2, -0.15) is 0 Å². The van der Waals surface area contributed by atoms with E-state index in [-0.39, 0.29) is 22.1 Å². The first-order valence-electron chi connectivity index (χ1n) is 7.09. The second-order valence-corrected chi connectivity index (χ2v) is 6.40. The Bertz CT molecular complexity index is 459. The highest BCUT2D eigenvalue weighted by molar-refractivity contribution is 5.34. The highest BCUT2D eigenvalue weighted by Gasteiger charge is 2.32. The van der Waals surface area contributed by atoms with Gasteiger partial charge in [0.25, 0.3) is 5.69 Å². The van der Waals surface area contributed by atoms with E-state index in [4.69, 9.17) is 0 Å². The maximum absolute atomic E-state index is 10.8. The van der Waals surface area contributed by atoms with E-state index in [0.717, 1.165) is 31.7 Å². The van der Waals surface area contributed by atoms with Crippen LogP contribution < -0.4 is 5.32 Å². The zero-order valence-electron chi connectivity index (χ0n) is 12.4. The maximum Gasteiger partial charge on any atom is 0.269 e. The van der Waals surface area contributed by atoms with Crippen molar-refractivity contribution in [1.82, 2.24) is 10.2 Å². The Hall–Kier alpha value is -1.46. The molecule has 0 spiro atoms. The molecule has 0 radical (unpaired) electrons. The fourth-order valence-corrected chi connectivity index (χ4v) is 2.98. The molecule has 0 bridgehead atoms. The van der Waals surface area contributed by atoms with Crippen LogP contribution in [0.15, 0.2) is 24.3 Å². The van der Waals surface area contributed by atoms with E-state index >= 15 is 0 Å². The van der Waals surface area contributed by atoms with Crippen LogP contribution >= 0.6 is 0 Å². The zero-order chi connectivity index (χ0) is 14.8. The third-order valence-corrected chi connectivity index (χ3v) is 3.76. The van der Waals surface area contributed by atoms with Crippen molar-refractivity contribution in [2.45, 2.75) is 26.8 Å². The molecule has 20 heavy (non-hydrogen) atoms. The summed E-state index contributed by atoms with van der Waals surface area (Å²) in [5.74, 6) is 0. The van der Waals surface area contributed by atoms with Crippen LogP contribution in [0.25, 0.3) is 0 Å². The Labute approximate surface area is 120 Å². The summed E-state index contributed by atoms with van der Waals surface area (Å²) in [6, 6.07) is 7.30. The number of nitro benzene ring substituents is 1. The van der Waals surface area contributed by atoms with Crippen LogP contribution in [0.1, 0.15) is 32.4 Å². The summed E-state index contributed by atoms with van der Waals surface area (Å²) < 4.78 is 0. The fourth-order valence-electron chi connectivity index (χ4n) is 2.98. The van der Waals surface area contributed by atoms with Crippen molar-refractivity contribution in [3.05, 3.63) is 39.9 Å². The van der Waals surface area contributed by atoms with Crippen molar-refractivity contribution in [2.75, 3.05) is 26.2 Å². The van der Waals surface area contributed by atoms with E-state index in [1.165, 1.54) is 0 Å². The van der Waals surface area contributed by atoms with Crippen LogP contribution in [0.5, 0.6) is 0 Å². The molecule has 0 aliphatic carbocycles. The van der Waals surface area contributed by atoms with E-state index in [9.17, 15) is 10.1 Å². The summed E-state index contributed by atoms with van der Waals surface area (Å²) >= 11 is 0. The lowest BCUT2D eigenvalue weighted by molar-refractivity contribution is -0.384. The lowest BCUT2D eigenvalue weighted by Gasteiger charge is -2.42. The minimum atomic E-state index is -0.347. The second-order valence-electron chi connectivity index (χ2n) is 6.40. The molecule has 1 aliphatic heterocycles. The monoisotopic (exact) mass is 277 g/mol. The molecule has 110 valence electrons. The molecule has 1 aromatic carbocycles. The van der Waals surface area contributed by atoms with Gasteiger partial charge in [-0.1, -0.05) is 32.9 Å². The number of non-ortho nitro benzene ring substituents is 1. The van der Waals surface area contributed by atoms with E-state index in [1.807, 2.05) is 12.1 Å². The van der Waals surface area contributed by atoms with Crippen LogP contribution in [0.3, 0.4) is 0 Å². The van der Waals surface area contributed by atoms with E-state index in [0.29, 0.717) is 0 Å². The highest BCUT2D eigenvalue weighted by Crippen LogP contribution is 2.38. The first kappa shape index (κ1) is 14.9. The number of piperazine rings is 1. The molecule has 0 unspecified atom stereocenters. The lowest BCUT2D eigenvalue weighted by atomic mass is 9.81. The molecule has 1 aliphatic rings. The Kier molecular flexibility index (Phi) is 4.40. The summed E-state index contributed by atoms with van der Waals surface area (Å²) in [5, 5.41) is 14.1. The average molecular weight is 277 g/mol. The van der Waals surface area contributed by atoms with Crippen LogP contribution in [-0.2, 0) is 0 Å². The minimum absolute atomic E-state index is 0.0907. The molecule has 0 aromatic heterocycles. The summed E-state index contributed by atoms with van der Waals surface area (Å²) in [5.41, 5.74) is 1.40. The Morgan fingerprint density at radius 1 is 1.20 bits per heavy atom. The van der Waals surface area contributed by atoms with Gasteiger partial charge in [0, 0.05) is 44.4 Å². The number of benzene rings is 1. The molecule has 1 N–H and O–H groups in total. The van der Waals surface area contributed by atoms with Crippen molar-refractivity contribution in [3.8, 4) is 0 Å². The number of hydrogen-bond acceptors (Lipinski definition) is 4. The van der Waals surface area contributed by atoms with Gasteiger partial charge in [-0.05, 0) is 11.0 Å². The van der Waals surface area contributed by atoms with Crippen molar-refractivity contribution in [3.63, 3.8) is 0 Å². The molecule has 5 heteroatoms. The van der Waals surface area contributed by atoms with E-state index in [1.54, 1.807) is 12.1 Å². The van der Waals surface area contributed by atoms with Crippen LogP contribution in [-0.4, -0.2) is 36.0 Å². The predicted molar refractivity (Wildman–Crippen MR) is 79.7 cm³/mol. The highest BCUT2D eigenvalue weighted by atomic mass is 16.6.